The summed E-state index contributed by atoms with van der Waals surface area (Å²) in [6, 6.07) is 0. The van der Waals surface area contributed by atoms with Gasteiger partial charge in [0.15, 0.2) is 0 Å². The van der Waals surface area contributed by atoms with Crippen LogP contribution in [0.25, 0.3) is 0 Å². The fourth-order valence-electron chi connectivity index (χ4n) is 1.43. The van der Waals surface area contributed by atoms with Crippen molar-refractivity contribution in [1.82, 2.24) is 5.32 Å². The molecule has 0 saturated heterocycles. The first kappa shape index (κ1) is 12.5. The molecule has 0 aromatic rings. The zero-order valence-electron chi connectivity index (χ0n) is 9.99. The molecule has 15 heavy (non-hydrogen) atoms. The van der Waals surface area contributed by atoms with Crippen LogP contribution < -0.4 is 5.32 Å². The van der Waals surface area contributed by atoms with Crippen LogP contribution in [0, 0.1) is 5.92 Å². The molecule has 1 heterocycles. The van der Waals surface area contributed by atoms with Gasteiger partial charge in [0.1, 0.15) is 6.10 Å². The third-order valence-corrected chi connectivity index (χ3v) is 3.12. The first-order valence-corrected chi connectivity index (χ1v) is 5.76. The predicted octanol–water partition coefficient (Wildman–Crippen LogP) is 1.68. The van der Waals surface area contributed by atoms with Crippen molar-refractivity contribution in [3.8, 4) is 0 Å². The van der Waals surface area contributed by atoms with Crippen LogP contribution >= 0.6 is 0 Å². The van der Waals surface area contributed by atoms with E-state index in [9.17, 15) is 5.11 Å². The topological polar surface area (TPSA) is 41.5 Å². The van der Waals surface area contributed by atoms with Gasteiger partial charge in [-0.15, -0.1) is 0 Å². The largest absolute Gasteiger partial charge is 0.497 e. The van der Waals surface area contributed by atoms with Crippen LogP contribution in [0.1, 0.15) is 33.6 Å². The monoisotopic (exact) mass is 213 g/mol. The van der Waals surface area contributed by atoms with Crippen molar-refractivity contribution < 1.29 is 9.84 Å². The van der Waals surface area contributed by atoms with E-state index in [2.05, 4.69) is 5.32 Å². The predicted molar refractivity (Wildman–Crippen MR) is 61.6 cm³/mol. The zero-order chi connectivity index (χ0) is 11.3. The van der Waals surface area contributed by atoms with Crippen molar-refractivity contribution in [2.45, 2.75) is 45.3 Å². The maximum Gasteiger partial charge on any atom is 0.110 e. The van der Waals surface area contributed by atoms with E-state index in [4.69, 9.17) is 4.74 Å². The molecule has 1 aliphatic rings. The molecule has 2 atom stereocenters. The van der Waals surface area contributed by atoms with Crippen LogP contribution in [0.5, 0.6) is 0 Å². The summed E-state index contributed by atoms with van der Waals surface area (Å²) < 4.78 is 5.43. The average Bonchev–Trinajstić information content (AvgIpc) is 2.19. The Morgan fingerprint density at radius 2 is 2.33 bits per heavy atom. The van der Waals surface area contributed by atoms with Gasteiger partial charge >= 0.3 is 0 Å². The molecule has 0 aliphatic carbocycles. The number of hydrogen-bond acceptors (Lipinski definition) is 3. The molecule has 0 aromatic carbocycles. The standard InChI is InChI=1S/C12H23NO2/c1-10(2)12(3,14)9-13-8-11-6-4-5-7-15-11/h5,7,10-11,13-14H,4,6,8-9H2,1-3H3/t11-,12+/m0/s1. The lowest BCUT2D eigenvalue weighted by Crippen LogP contribution is -2.44. The lowest BCUT2D eigenvalue weighted by molar-refractivity contribution is 0.0106. The van der Waals surface area contributed by atoms with E-state index >= 15 is 0 Å². The number of hydrogen-bond donors (Lipinski definition) is 2. The second-order valence-electron chi connectivity index (χ2n) is 4.85. The highest BCUT2D eigenvalue weighted by molar-refractivity contribution is 4.84. The van der Waals surface area contributed by atoms with Crippen molar-refractivity contribution in [3.63, 3.8) is 0 Å². The second-order valence-corrected chi connectivity index (χ2v) is 4.85. The van der Waals surface area contributed by atoms with Gasteiger partial charge in [-0.1, -0.05) is 13.8 Å². The van der Waals surface area contributed by atoms with E-state index in [0.717, 1.165) is 19.4 Å². The molecule has 1 aliphatic heterocycles. The number of rotatable bonds is 5. The molecule has 0 saturated carbocycles. The van der Waals surface area contributed by atoms with E-state index in [1.807, 2.05) is 26.8 Å². The highest BCUT2D eigenvalue weighted by atomic mass is 16.5. The Labute approximate surface area is 92.5 Å². The maximum atomic E-state index is 10.0. The summed E-state index contributed by atoms with van der Waals surface area (Å²) >= 11 is 0. The first-order valence-electron chi connectivity index (χ1n) is 5.76. The summed E-state index contributed by atoms with van der Waals surface area (Å²) in [5, 5.41) is 13.3. The van der Waals surface area contributed by atoms with Crippen LogP contribution in [0.4, 0.5) is 0 Å². The number of allylic oxidation sites excluding steroid dienone is 1. The Kier molecular flexibility index (Phi) is 4.61. The Balaban J connectivity index is 2.18. The van der Waals surface area contributed by atoms with Gasteiger partial charge in [-0.2, -0.15) is 0 Å². The number of aliphatic hydroxyl groups is 1. The van der Waals surface area contributed by atoms with Crippen LogP contribution in [-0.2, 0) is 4.74 Å². The maximum absolute atomic E-state index is 10.0. The van der Waals surface area contributed by atoms with Gasteiger partial charge in [-0.25, -0.2) is 0 Å². The molecule has 0 spiro atoms. The van der Waals surface area contributed by atoms with Crippen molar-refractivity contribution in [2.24, 2.45) is 5.92 Å². The fourth-order valence-corrected chi connectivity index (χ4v) is 1.43. The molecular formula is C12H23NO2. The highest BCUT2D eigenvalue weighted by Gasteiger charge is 2.24. The Bertz CT molecular complexity index is 212. The lowest BCUT2D eigenvalue weighted by atomic mass is 9.92. The van der Waals surface area contributed by atoms with Crippen molar-refractivity contribution in [3.05, 3.63) is 12.3 Å². The SMILES string of the molecule is CC(C)[C@](C)(O)CNC[C@@H]1CCC=CO1. The average molecular weight is 213 g/mol. The number of ether oxygens (including phenoxy) is 1. The summed E-state index contributed by atoms with van der Waals surface area (Å²) in [5.74, 6) is 0.261. The minimum Gasteiger partial charge on any atom is -0.497 e. The Hall–Kier alpha value is -0.540. The van der Waals surface area contributed by atoms with Crippen LogP contribution in [0.15, 0.2) is 12.3 Å². The molecule has 3 nitrogen and oxygen atoms in total. The minimum absolute atomic E-state index is 0.261. The Morgan fingerprint density at radius 3 is 2.87 bits per heavy atom. The molecule has 0 aromatic heterocycles. The molecule has 0 amide bonds. The normalized spacial score (nSPS) is 25.0. The van der Waals surface area contributed by atoms with E-state index < -0.39 is 5.60 Å². The molecule has 0 fully saturated rings. The van der Waals surface area contributed by atoms with Gasteiger partial charge in [-0.3, -0.25) is 0 Å². The van der Waals surface area contributed by atoms with Crippen molar-refractivity contribution in [2.75, 3.05) is 13.1 Å². The van der Waals surface area contributed by atoms with Gasteiger partial charge in [0.05, 0.1) is 11.9 Å². The van der Waals surface area contributed by atoms with E-state index in [-0.39, 0.29) is 12.0 Å². The fraction of sp³-hybridized carbons (Fsp3) is 0.833. The van der Waals surface area contributed by atoms with Crippen LogP contribution in [0.3, 0.4) is 0 Å². The summed E-state index contributed by atoms with van der Waals surface area (Å²) in [5.41, 5.74) is -0.634. The van der Waals surface area contributed by atoms with Crippen molar-refractivity contribution >= 4 is 0 Å². The van der Waals surface area contributed by atoms with Gasteiger partial charge < -0.3 is 15.2 Å². The molecule has 1 rings (SSSR count). The van der Waals surface area contributed by atoms with Crippen molar-refractivity contribution in [1.29, 1.82) is 0 Å². The van der Waals surface area contributed by atoms with Crippen LogP contribution in [0.2, 0.25) is 0 Å². The quantitative estimate of drug-likeness (QED) is 0.730. The molecular weight excluding hydrogens is 190 g/mol. The molecule has 2 N–H and O–H groups in total. The summed E-state index contributed by atoms with van der Waals surface area (Å²) in [4.78, 5) is 0. The Morgan fingerprint density at radius 1 is 1.60 bits per heavy atom. The zero-order valence-corrected chi connectivity index (χ0v) is 9.99. The lowest BCUT2D eigenvalue weighted by Gasteiger charge is -2.29. The number of nitrogens with one attached hydrogen (secondary N) is 1. The van der Waals surface area contributed by atoms with Gasteiger partial charge in [0.25, 0.3) is 0 Å². The molecule has 0 radical (unpaired) electrons. The summed E-state index contributed by atoms with van der Waals surface area (Å²) in [6.07, 6.45) is 6.23. The van der Waals surface area contributed by atoms with Crippen LogP contribution in [-0.4, -0.2) is 29.9 Å². The third kappa shape index (κ3) is 4.22. The molecule has 88 valence electrons. The van der Waals surface area contributed by atoms with Gasteiger partial charge in [-0.05, 0) is 31.8 Å². The third-order valence-electron chi connectivity index (χ3n) is 3.12. The van der Waals surface area contributed by atoms with E-state index in [1.54, 1.807) is 6.26 Å². The summed E-state index contributed by atoms with van der Waals surface area (Å²) in [6.45, 7) is 7.36. The van der Waals surface area contributed by atoms with E-state index in [1.165, 1.54) is 0 Å². The van der Waals surface area contributed by atoms with Gasteiger partial charge in [0.2, 0.25) is 0 Å². The second kappa shape index (κ2) is 5.52. The molecule has 3 heteroatoms. The molecule has 0 bridgehead atoms. The molecule has 0 unspecified atom stereocenters. The van der Waals surface area contributed by atoms with E-state index in [0.29, 0.717) is 6.54 Å². The smallest absolute Gasteiger partial charge is 0.110 e. The van der Waals surface area contributed by atoms with Gasteiger partial charge in [0, 0.05) is 13.1 Å². The summed E-state index contributed by atoms with van der Waals surface area (Å²) in [7, 11) is 0. The first-order chi connectivity index (χ1) is 7.02. The highest BCUT2D eigenvalue weighted by Crippen LogP contribution is 2.15. The minimum atomic E-state index is -0.634.